The maximum Gasteiger partial charge on any atom is 0.251 e. The van der Waals surface area contributed by atoms with Crippen molar-refractivity contribution < 1.29 is 14.2 Å². The maximum absolute atomic E-state index is 6.55. The minimum absolute atomic E-state index is 0.151. The van der Waals surface area contributed by atoms with Crippen molar-refractivity contribution >= 4 is 0 Å². The Labute approximate surface area is 171 Å². The average molecular weight is 387 g/mol. The van der Waals surface area contributed by atoms with Gasteiger partial charge in [-0.1, -0.05) is 36.4 Å². The van der Waals surface area contributed by atoms with Gasteiger partial charge in [0.15, 0.2) is 11.5 Å². The molecular formula is C25H25NO3. The molecule has 2 heterocycles. The number of aromatic nitrogens is 1. The van der Waals surface area contributed by atoms with Crippen LogP contribution in [0.1, 0.15) is 48.3 Å². The van der Waals surface area contributed by atoms with E-state index in [1.807, 2.05) is 18.5 Å². The number of hydrogen-bond donors (Lipinski definition) is 0. The highest BCUT2D eigenvalue weighted by atomic mass is 16.7. The Morgan fingerprint density at radius 2 is 1.66 bits per heavy atom. The van der Waals surface area contributed by atoms with Gasteiger partial charge in [0.25, 0.3) is 5.79 Å². The lowest BCUT2D eigenvalue weighted by Crippen LogP contribution is -2.34. The fourth-order valence-electron chi connectivity index (χ4n) is 4.55. The molecule has 29 heavy (non-hydrogen) atoms. The van der Waals surface area contributed by atoms with E-state index in [2.05, 4.69) is 53.5 Å². The predicted octanol–water partition coefficient (Wildman–Crippen LogP) is 5.51. The highest BCUT2D eigenvalue weighted by Crippen LogP contribution is 2.54. The van der Waals surface area contributed by atoms with Crippen molar-refractivity contribution in [1.82, 2.24) is 4.98 Å². The molecule has 4 nitrogen and oxygen atoms in total. The van der Waals surface area contributed by atoms with E-state index in [4.69, 9.17) is 14.2 Å². The second-order valence-electron chi connectivity index (χ2n) is 7.86. The smallest absolute Gasteiger partial charge is 0.251 e. The van der Waals surface area contributed by atoms with Gasteiger partial charge in [-0.15, -0.1) is 0 Å². The Morgan fingerprint density at radius 1 is 0.931 bits per heavy atom. The number of benzene rings is 2. The molecule has 4 heteroatoms. The van der Waals surface area contributed by atoms with Crippen molar-refractivity contribution in [2.75, 3.05) is 7.11 Å². The molecule has 2 aromatic carbocycles. The van der Waals surface area contributed by atoms with Gasteiger partial charge in [0.1, 0.15) is 0 Å². The largest absolute Gasteiger partial charge is 0.493 e. The summed E-state index contributed by atoms with van der Waals surface area (Å²) in [5.74, 6) is 1.96. The molecule has 0 N–H and O–H groups in total. The lowest BCUT2D eigenvalue weighted by Gasteiger charge is -2.23. The minimum Gasteiger partial charge on any atom is -0.493 e. The summed E-state index contributed by atoms with van der Waals surface area (Å²) < 4.78 is 18.6. The molecule has 0 radical (unpaired) electrons. The molecule has 1 aromatic heterocycles. The van der Waals surface area contributed by atoms with Crippen LogP contribution >= 0.6 is 0 Å². The number of methoxy groups -OCH3 is 1. The molecule has 5 rings (SSSR count). The lowest BCUT2D eigenvalue weighted by molar-refractivity contribution is -0.0726. The van der Waals surface area contributed by atoms with Gasteiger partial charge < -0.3 is 14.2 Å². The number of nitrogens with zero attached hydrogens (tertiary/aromatic N) is 1. The first kappa shape index (κ1) is 18.0. The van der Waals surface area contributed by atoms with Gasteiger partial charge in [-0.25, -0.2) is 0 Å². The fraction of sp³-hybridized carbons (Fsp3) is 0.320. The highest BCUT2D eigenvalue weighted by Gasteiger charge is 2.46. The first-order valence-corrected chi connectivity index (χ1v) is 10.3. The van der Waals surface area contributed by atoms with Gasteiger partial charge >= 0.3 is 0 Å². The van der Waals surface area contributed by atoms with Crippen LogP contribution in [0.15, 0.2) is 67.0 Å². The quantitative estimate of drug-likeness (QED) is 0.579. The summed E-state index contributed by atoms with van der Waals surface area (Å²) >= 11 is 0. The van der Waals surface area contributed by atoms with Crippen LogP contribution in [0.3, 0.4) is 0 Å². The molecule has 1 saturated carbocycles. The minimum atomic E-state index is -0.524. The summed E-state index contributed by atoms with van der Waals surface area (Å²) in [6.07, 6.45) is 8.67. The zero-order chi connectivity index (χ0) is 19.7. The van der Waals surface area contributed by atoms with E-state index in [9.17, 15) is 0 Å². The molecule has 1 aliphatic heterocycles. The van der Waals surface area contributed by atoms with Gasteiger partial charge in [-0.2, -0.15) is 0 Å². The highest BCUT2D eigenvalue weighted by molar-refractivity contribution is 5.60. The van der Waals surface area contributed by atoms with Gasteiger partial charge in [0.05, 0.1) is 7.11 Å². The van der Waals surface area contributed by atoms with Gasteiger partial charge in [-0.05, 0) is 48.6 Å². The van der Waals surface area contributed by atoms with Crippen molar-refractivity contribution in [3.05, 3.63) is 83.7 Å². The Morgan fingerprint density at radius 3 is 2.38 bits per heavy atom. The molecule has 0 amide bonds. The second kappa shape index (κ2) is 7.43. The molecule has 148 valence electrons. The Hall–Kier alpha value is -3.01. The molecular weight excluding hydrogens is 362 g/mol. The van der Waals surface area contributed by atoms with E-state index in [0.29, 0.717) is 0 Å². The molecule has 1 atom stereocenters. The van der Waals surface area contributed by atoms with Crippen LogP contribution < -0.4 is 14.2 Å². The number of fused-ring (bicyclic) bond motifs is 1. The van der Waals surface area contributed by atoms with E-state index < -0.39 is 5.79 Å². The Bertz CT molecular complexity index is 982. The first-order valence-electron chi connectivity index (χ1n) is 10.3. The SMILES string of the molecule is COc1ccc(C(Cc2ccncc2)c2ccccc2)c2c1OC1(CCCC1)O2. The van der Waals surface area contributed by atoms with Crippen molar-refractivity contribution in [3.63, 3.8) is 0 Å². The summed E-state index contributed by atoms with van der Waals surface area (Å²) in [5.41, 5.74) is 3.65. The van der Waals surface area contributed by atoms with Gasteiger partial charge in [0.2, 0.25) is 5.75 Å². The Balaban J connectivity index is 1.61. The number of hydrogen-bond acceptors (Lipinski definition) is 4. The summed E-state index contributed by atoms with van der Waals surface area (Å²) in [5, 5.41) is 0. The van der Waals surface area contributed by atoms with Crippen molar-refractivity contribution in [2.45, 2.75) is 43.8 Å². The van der Waals surface area contributed by atoms with E-state index >= 15 is 0 Å². The van der Waals surface area contributed by atoms with Crippen molar-refractivity contribution in [2.24, 2.45) is 0 Å². The summed E-state index contributed by atoms with van der Waals surface area (Å²) in [6.45, 7) is 0. The second-order valence-corrected chi connectivity index (χ2v) is 7.86. The molecule has 3 aromatic rings. The Kier molecular flexibility index (Phi) is 4.62. The van der Waals surface area contributed by atoms with Crippen LogP contribution in [0.2, 0.25) is 0 Å². The summed E-state index contributed by atoms with van der Waals surface area (Å²) in [4.78, 5) is 4.17. The third kappa shape index (κ3) is 3.33. The topological polar surface area (TPSA) is 40.6 Å². The van der Waals surface area contributed by atoms with Crippen LogP contribution in [0.4, 0.5) is 0 Å². The number of pyridine rings is 1. The van der Waals surface area contributed by atoms with Crippen LogP contribution in [0, 0.1) is 0 Å². The molecule has 1 aliphatic carbocycles. The molecule has 1 spiro atoms. The predicted molar refractivity (Wildman–Crippen MR) is 112 cm³/mol. The van der Waals surface area contributed by atoms with Crippen molar-refractivity contribution in [1.29, 1.82) is 0 Å². The van der Waals surface area contributed by atoms with Crippen LogP contribution in [-0.4, -0.2) is 17.9 Å². The fourth-order valence-corrected chi connectivity index (χ4v) is 4.55. The van der Waals surface area contributed by atoms with Gasteiger partial charge in [0, 0.05) is 36.7 Å². The van der Waals surface area contributed by atoms with E-state index in [-0.39, 0.29) is 5.92 Å². The first-order chi connectivity index (χ1) is 14.3. The lowest BCUT2D eigenvalue weighted by atomic mass is 9.85. The van der Waals surface area contributed by atoms with E-state index in [0.717, 1.165) is 54.9 Å². The third-order valence-corrected chi connectivity index (χ3v) is 6.03. The molecule has 1 fully saturated rings. The zero-order valence-electron chi connectivity index (χ0n) is 16.6. The maximum atomic E-state index is 6.55. The monoisotopic (exact) mass is 387 g/mol. The zero-order valence-corrected chi connectivity index (χ0v) is 16.6. The standard InChI is InChI=1S/C25H25NO3/c1-27-22-10-9-20(23-24(22)29-25(28-23)13-5-6-14-25)21(19-7-3-2-4-8-19)17-18-11-15-26-16-12-18/h2-4,7-12,15-16,21H,5-6,13-14,17H2,1H3. The van der Waals surface area contributed by atoms with Crippen LogP contribution in [0.5, 0.6) is 17.2 Å². The summed E-state index contributed by atoms with van der Waals surface area (Å²) in [7, 11) is 1.68. The normalized spacial score (nSPS) is 17.4. The molecule has 1 unspecified atom stereocenters. The summed E-state index contributed by atoms with van der Waals surface area (Å²) in [6, 6.07) is 18.9. The molecule has 0 saturated heterocycles. The van der Waals surface area contributed by atoms with Gasteiger partial charge in [-0.3, -0.25) is 4.98 Å². The number of ether oxygens (including phenoxy) is 3. The third-order valence-electron chi connectivity index (χ3n) is 6.03. The van der Waals surface area contributed by atoms with Crippen LogP contribution in [-0.2, 0) is 6.42 Å². The van der Waals surface area contributed by atoms with E-state index in [1.165, 1.54) is 11.1 Å². The number of rotatable bonds is 5. The van der Waals surface area contributed by atoms with Crippen molar-refractivity contribution in [3.8, 4) is 17.2 Å². The van der Waals surface area contributed by atoms with Crippen LogP contribution in [0.25, 0.3) is 0 Å². The van der Waals surface area contributed by atoms with E-state index in [1.54, 1.807) is 7.11 Å². The molecule has 2 aliphatic rings. The molecule has 0 bridgehead atoms. The average Bonchev–Trinajstić information content (AvgIpc) is 3.39.